The van der Waals surface area contributed by atoms with Crippen molar-refractivity contribution in [1.82, 2.24) is 30.0 Å². The van der Waals surface area contributed by atoms with Crippen molar-refractivity contribution in [2.75, 3.05) is 0 Å². The molecule has 2 aromatic heterocycles. The number of aromatic hydroxyl groups is 1. The van der Waals surface area contributed by atoms with E-state index < -0.39 is 0 Å². The maximum absolute atomic E-state index is 10.4. The summed E-state index contributed by atoms with van der Waals surface area (Å²) in [4.78, 5) is 8.48. The van der Waals surface area contributed by atoms with Crippen molar-refractivity contribution in [1.29, 1.82) is 0 Å². The van der Waals surface area contributed by atoms with E-state index >= 15 is 0 Å². The predicted octanol–water partition coefficient (Wildman–Crippen LogP) is 3.12. The quantitative estimate of drug-likeness (QED) is 0.732. The minimum absolute atomic E-state index is 0.135. The molecule has 2 bridgehead atoms. The van der Waals surface area contributed by atoms with Gasteiger partial charge in [-0.15, -0.1) is 10.2 Å². The molecular weight excluding hydrogens is 352 g/mol. The monoisotopic (exact) mass is 374 g/mol. The van der Waals surface area contributed by atoms with Gasteiger partial charge in [0.2, 0.25) is 0 Å². The number of hydrogen-bond donors (Lipinski definition) is 2. The fraction of sp³-hybridized carbons (Fsp3) is 0.333. The molecule has 2 saturated heterocycles. The summed E-state index contributed by atoms with van der Waals surface area (Å²) in [6.07, 6.45) is 13.5. The highest BCUT2D eigenvalue weighted by Crippen LogP contribution is 2.38. The van der Waals surface area contributed by atoms with Crippen molar-refractivity contribution >= 4 is 6.08 Å². The maximum Gasteiger partial charge on any atom is 0.174 e. The first-order chi connectivity index (χ1) is 13.6. The third kappa shape index (κ3) is 3.18. The van der Waals surface area contributed by atoms with E-state index in [0.29, 0.717) is 23.1 Å². The number of nitrogens with zero attached hydrogens (tertiary/aromatic N) is 5. The van der Waals surface area contributed by atoms with Gasteiger partial charge in [-0.3, -0.25) is 0 Å². The van der Waals surface area contributed by atoms with E-state index in [1.54, 1.807) is 24.8 Å². The van der Waals surface area contributed by atoms with Crippen LogP contribution in [-0.2, 0) is 0 Å². The molecule has 142 valence electrons. The summed E-state index contributed by atoms with van der Waals surface area (Å²) in [6, 6.07) is 5.97. The van der Waals surface area contributed by atoms with Gasteiger partial charge in [0.05, 0.1) is 18.2 Å². The van der Waals surface area contributed by atoms with Gasteiger partial charge in [-0.05, 0) is 50.8 Å². The molecule has 0 saturated carbocycles. The number of aromatic nitrogens is 5. The molecule has 0 radical (unpaired) electrons. The smallest absolute Gasteiger partial charge is 0.174 e. The molecule has 3 aromatic rings. The van der Waals surface area contributed by atoms with Crippen LogP contribution < -0.4 is 5.32 Å². The zero-order valence-corrected chi connectivity index (χ0v) is 15.7. The third-order valence-electron chi connectivity index (χ3n) is 5.70. The van der Waals surface area contributed by atoms with Crippen LogP contribution >= 0.6 is 0 Å². The molecule has 4 heterocycles. The van der Waals surface area contributed by atoms with Gasteiger partial charge in [-0.2, -0.15) is 0 Å². The molecule has 2 atom stereocenters. The number of phenols is 1. The van der Waals surface area contributed by atoms with Crippen molar-refractivity contribution in [3.63, 3.8) is 0 Å². The van der Waals surface area contributed by atoms with E-state index in [1.165, 1.54) is 18.4 Å². The SMILES string of the molecule is C[C@]12CCC(C/C(=C\c3ncc(-c4ccc(-n5ccnc5)cc4O)nn3)C1)N2. The number of hydrogen-bond acceptors (Lipinski definition) is 6. The lowest BCUT2D eigenvalue weighted by molar-refractivity contribution is 0.351. The molecule has 1 unspecified atom stereocenters. The number of nitrogens with one attached hydrogen (secondary N) is 1. The van der Waals surface area contributed by atoms with E-state index in [-0.39, 0.29) is 11.3 Å². The van der Waals surface area contributed by atoms with Crippen molar-refractivity contribution in [2.45, 2.75) is 44.2 Å². The van der Waals surface area contributed by atoms with Crippen LogP contribution in [0.2, 0.25) is 0 Å². The number of benzene rings is 1. The number of rotatable bonds is 3. The largest absolute Gasteiger partial charge is 0.507 e. The fourth-order valence-corrected chi connectivity index (χ4v) is 4.39. The molecule has 7 heteroatoms. The summed E-state index contributed by atoms with van der Waals surface area (Å²) < 4.78 is 1.83. The summed E-state index contributed by atoms with van der Waals surface area (Å²) in [6.45, 7) is 2.29. The minimum Gasteiger partial charge on any atom is -0.507 e. The molecule has 2 aliphatic rings. The average Bonchev–Trinajstić information content (AvgIpc) is 3.30. The van der Waals surface area contributed by atoms with Gasteiger partial charge in [0.25, 0.3) is 0 Å². The molecule has 2 aliphatic heterocycles. The molecule has 2 N–H and O–H groups in total. The van der Waals surface area contributed by atoms with E-state index in [4.69, 9.17) is 0 Å². The van der Waals surface area contributed by atoms with Gasteiger partial charge < -0.3 is 15.0 Å². The Bertz CT molecular complexity index is 1030. The summed E-state index contributed by atoms with van der Waals surface area (Å²) in [7, 11) is 0. The number of phenolic OH excluding ortho intramolecular Hbond substituents is 1. The van der Waals surface area contributed by atoms with Crippen molar-refractivity contribution < 1.29 is 5.11 Å². The Labute approximate surface area is 163 Å². The molecule has 7 nitrogen and oxygen atoms in total. The van der Waals surface area contributed by atoms with Crippen molar-refractivity contribution in [2.24, 2.45) is 0 Å². The zero-order valence-electron chi connectivity index (χ0n) is 15.7. The molecule has 28 heavy (non-hydrogen) atoms. The van der Waals surface area contributed by atoms with Crippen LogP contribution in [0, 0.1) is 0 Å². The first kappa shape index (κ1) is 17.1. The number of piperidine rings is 1. The Balaban J connectivity index is 1.38. The predicted molar refractivity (Wildman–Crippen MR) is 106 cm³/mol. The first-order valence-electron chi connectivity index (χ1n) is 9.57. The summed E-state index contributed by atoms with van der Waals surface area (Å²) in [5.74, 6) is 0.759. The van der Waals surface area contributed by atoms with Gasteiger partial charge in [-0.25, -0.2) is 9.97 Å². The van der Waals surface area contributed by atoms with Crippen LogP contribution in [0.25, 0.3) is 23.0 Å². The van der Waals surface area contributed by atoms with Gasteiger partial charge in [0, 0.05) is 35.6 Å². The third-order valence-corrected chi connectivity index (χ3v) is 5.70. The molecule has 0 spiro atoms. The van der Waals surface area contributed by atoms with E-state index in [2.05, 4.69) is 38.5 Å². The lowest BCUT2D eigenvalue weighted by Gasteiger charge is -2.32. The van der Waals surface area contributed by atoms with Gasteiger partial charge >= 0.3 is 0 Å². The summed E-state index contributed by atoms with van der Waals surface area (Å²) in [5, 5.41) is 22.7. The molecular formula is C21H22N6O. The van der Waals surface area contributed by atoms with Crippen LogP contribution in [0.5, 0.6) is 5.75 Å². The van der Waals surface area contributed by atoms with Crippen LogP contribution in [0.15, 0.2) is 48.7 Å². The highest BCUT2D eigenvalue weighted by Gasteiger charge is 2.39. The Hall–Kier alpha value is -3.06. The Morgan fingerprint density at radius 1 is 1.32 bits per heavy atom. The normalized spacial score (nSPS) is 25.3. The topological polar surface area (TPSA) is 88.8 Å². The molecule has 0 aliphatic carbocycles. The lowest BCUT2D eigenvalue weighted by Crippen LogP contribution is -2.44. The first-order valence-corrected chi connectivity index (χ1v) is 9.57. The molecule has 5 rings (SSSR count). The van der Waals surface area contributed by atoms with Crippen LogP contribution in [0.3, 0.4) is 0 Å². The fourth-order valence-electron chi connectivity index (χ4n) is 4.39. The van der Waals surface area contributed by atoms with E-state index in [9.17, 15) is 5.11 Å². The number of fused-ring (bicyclic) bond motifs is 2. The Kier molecular flexibility index (Phi) is 3.98. The standard InChI is InChI=1S/C21H22N6O/c1-21-5-4-15(24-21)8-14(11-21)9-20-23-12-18(25-26-20)17-3-2-16(10-19(17)28)27-7-6-22-13-27/h2-3,6-7,9-10,12-13,15,24,28H,4-5,8,11H2,1H3/b14-9+/t15?,21-/m0/s1. The van der Waals surface area contributed by atoms with Crippen LogP contribution in [-0.4, -0.2) is 41.4 Å². The second-order valence-electron chi connectivity index (χ2n) is 8.00. The van der Waals surface area contributed by atoms with Gasteiger partial charge in [0.1, 0.15) is 11.4 Å². The lowest BCUT2D eigenvalue weighted by atomic mass is 9.89. The Morgan fingerprint density at radius 2 is 2.25 bits per heavy atom. The summed E-state index contributed by atoms with van der Waals surface area (Å²) in [5.41, 5.74) is 3.58. The van der Waals surface area contributed by atoms with E-state index in [1.807, 2.05) is 22.9 Å². The van der Waals surface area contributed by atoms with Crippen LogP contribution in [0.1, 0.15) is 38.4 Å². The van der Waals surface area contributed by atoms with Crippen LogP contribution in [0.4, 0.5) is 0 Å². The maximum atomic E-state index is 10.4. The highest BCUT2D eigenvalue weighted by molar-refractivity contribution is 5.68. The molecule has 0 amide bonds. The average molecular weight is 374 g/mol. The van der Waals surface area contributed by atoms with Gasteiger partial charge in [0.15, 0.2) is 5.82 Å². The molecule has 2 fully saturated rings. The highest BCUT2D eigenvalue weighted by atomic mass is 16.3. The Morgan fingerprint density at radius 3 is 2.96 bits per heavy atom. The minimum atomic E-state index is 0.135. The second-order valence-corrected chi connectivity index (χ2v) is 8.00. The zero-order chi connectivity index (χ0) is 19.1. The van der Waals surface area contributed by atoms with Crippen molar-refractivity contribution in [3.05, 3.63) is 54.5 Å². The van der Waals surface area contributed by atoms with Gasteiger partial charge in [-0.1, -0.05) is 5.57 Å². The van der Waals surface area contributed by atoms with Crippen molar-refractivity contribution in [3.8, 4) is 22.7 Å². The summed E-state index contributed by atoms with van der Waals surface area (Å²) >= 11 is 0. The second kappa shape index (κ2) is 6.53. The number of imidazole rings is 1. The molecule has 1 aromatic carbocycles. The van der Waals surface area contributed by atoms with E-state index in [0.717, 1.165) is 18.5 Å².